The van der Waals surface area contributed by atoms with Crippen molar-refractivity contribution in [2.24, 2.45) is 0 Å². The number of ether oxygens (including phenoxy) is 1. The Labute approximate surface area is 144 Å². The van der Waals surface area contributed by atoms with Gasteiger partial charge in [-0.15, -0.1) is 0 Å². The van der Waals surface area contributed by atoms with Gasteiger partial charge < -0.3 is 14.5 Å². The molecule has 1 aromatic carbocycles. The van der Waals surface area contributed by atoms with Gasteiger partial charge in [0.25, 0.3) is 5.91 Å². The monoisotopic (exact) mass is 342 g/mol. The zero-order valence-electron chi connectivity index (χ0n) is 14.1. The van der Waals surface area contributed by atoms with E-state index in [1.165, 1.54) is 24.2 Å². The molecule has 0 unspecified atom stereocenters. The van der Waals surface area contributed by atoms with E-state index in [-0.39, 0.29) is 11.7 Å². The topological polar surface area (TPSA) is 88.8 Å². The van der Waals surface area contributed by atoms with Crippen molar-refractivity contribution in [3.05, 3.63) is 48.4 Å². The van der Waals surface area contributed by atoms with Crippen molar-refractivity contribution in [2.75, 3.05) is 10.2 Å². The molecule has 0 aliphatic carbocycles. The number of amides is 2. The Morgan fingerprint density at radius 2 is 1.92 bits per heavy atom. The summed E-state index contributed by atoms with van der Waals surface area (Å²) in [6.45, 7) is 4.74. The maximum absolute atomic E-state index is 13.0. The second-order valence-electron chi connectivity index (χ2n) is 6.23. The molecule has 0 saturated carbocycles. The van der Waals surface area contributed by atoms with Crippen LogP contribution in [-0.2, 0) is 14.3 Å². The molecular weight excluding hydrogens is 324 g/mol. The van der Waals surface area contributed by atoms with Crippen LogP contribution < -0.4 is 10.2 Å². The van der Waals surface area contributed by atoms with Crippen LogP contribution in [0.3, 0.4) is 0 Å². The fourth-order valence-corrected chi connectivity index (χ4v) is 2.69. The van der Waals surface area contributed by atoms with Crippen LogP contribution in [-0.4, -0.2) is 29.4 Å². The zero-order chi connectivity index (χ0) is 18.2. The van der Waals surface area contributed by atoms with Gasteiger partial charge in [0, 0.05) is 0 Å². The van der Waals surface area contributed by atoms with Gasteiger partial charge in [0.15, 0.2) is 6.10 Å². The Hall–Kier alpha value is -3.09. The van der Waals surface area contributed by atoms with Gasteiger partial charge in [0.1, 0.15) is 5.54 Å². The van der Waals surface area contributed by atoms with Crippen molar-refractivity contribution in [3.8, 4) is 0 Å². The maximum Gasteiger partial charge on any atom is 0.374 e. The molecule has 7 nitrogen and oxygen atoms in total. The summed E-state index contributed by atoms with van der Waals surface area (Å²) >= 11 is 0. The zero-order valence-corrected chi connectivity index (χ0v) is 14.1. The average Bonchev–Trinajstić information content (AvgIpc) is 3.10. The molecule has 1 N–H and O–H groups in total. The standard InChI is InChI=1S/C18H18N2O5/c1-11(25-16(22)14-9-6-10-24-14)15(21)20-13-8-5-4-7-12(13)19-17(23)18(20,2)3/h4-11H,1-3H3,(H,19,23)/t11-/m0/s1. The van der Waals surface area contributed by atoms with Crippen LogP contribution in [0, 0.1) is 0 Å². The minimum Gasteiger partial charge on any atom is -0.457 e. The number of nitrogens with zero attached hydrogens (tertiary/aromatic N) is 1. The van der Waals surface area contributed by atoms with Gasteiger partial charge >= 0.3 is 5.97 Å². The molecule has 2 heterocycles. The summed E-state index contributed by atoms with van der Waals surface area (Å²) in [4.78, 5) is 38.7. The number of hydrogen-bond acceptors (Lipinski definition) is 5. The highest BCUT2D eigenvalue weighted by Gasteiger charge is 2.45. The van der Waals surface area contributed by atoms with Crippen LogP contribution in [0.15, 0.2) is 47.1 Å². The predicted molar refractivity (Wildman–Crippen MR) is 90.2 cm³/mol. The largest absolute Gasteiger partial charge is 0.457 e. The summed E-state index contributed by atoms with van der Waals surface area (Å²) in [6, 6.07) is 9.98. The van der Waals surface area contributed by atoms with Crippen LogP contribution in [0.2, 0.25) is 0 Å². The number of carbonyl (C=O) groups excluding carboxylic acids is 3. The van der Waals surface area contributed by atoms with E-state index in [1.807, 2.05) is 0 Å². The van der Waals surface area contributed by atoms with Gasteiger partial charge in [-0.2, -0.15) is 0 Å². The van der Waals surface area contributed by atoms with Crippen molar-refractivity contribution in [1.82, 2.24) is 0 Å². The first kappa shape index (κ1) is 16.8. The van der Waals surface area contributed by atoms with Crippen molar-refractivity contribution in [1.29, 1.82) is 0 Å². The lowest BCUT2D eigenvalue weighted by molar-refractivity contribution is -0.131. The van der Waals surface area contributed by atoms with E-state index >= 15 is 0 Å². The van der Waals surface area contributed by atoms with Crippen LogP contribution >= 0.6 is 0 Å². The number of furan rings is 1. The Kier molecular flexibility index (Phi) is 4.08. The minimum atomic E-state index is -1.13. The quantitative estimate of drug-likeness (QED) is 0.866. The highest BCUT2D eigenvalue weighted by Crippen LogP contribution is 2.37. The molecule has 1 aliphatic heterocycles. The fraction of sp³-hybridized carbons (Fsp3) is 0.278. The summed E-state index contributed by atoms with van der Waals surface area (Å²) in [5.41, 5.74) is -0.0423. The second kappa shape index (κ2) is 6.08. The highest BCUT2D eigenvalue weighted by molar-refractivity contribution is 6.15. The molecule has 0 saturated heterocycles. The number of esters is 1. The summed E-state index contributed by atoms with van der Waals surface area (Å²) in [5.74, 6) is -1.54. The average molecular weight is 342 g/mol. The first-order chi connectivity index (χ1) is 11.8. The lowest BCUT2D eigenvalue weighted by atomic mass is 9.95. The first-order valence-corrected chi connectivity index (χ1v) is 7.81. The van der Waals surface area contributed by atoms with E-state index in [0.717, 1.165) is 0 Å². The molecule has 7 heteroatoms. The molecule has 1 aromatic heterocycles. The number of benzene rings is 1. The summed E-state index contributed by atoms with van der Waals surface area (Å²) in [5, 5.41) is 2.78. The molecule has 1 aliphatic rings. The van der Waals surface area contributed by atoms with Crippen molar-refractivity contribution >= 4 is 29.2 Å². The third kappa shape index (κ3) is 2.88. The number of para-hydroxylation sites is 2. The lowest BCUT2D eigenvalue weighted by Crippen LogP contribution is -2.60. The number of nitrogens with one attached hydrogen (secondary N) is 1. The van der Waals surface area contributed by atoms with E-state index in [4.69, 9.17) is 9.15 Å². The molecule has 0 bridgehead atoms. The van der Waals surface area contributed by atoms with Crippen molar-refractivity contribution in [2.45, 2.75) is 32.4 Å². The number of carbonyl (C=O) groups is 3. The minimum absolute atomic E-state index is 0.00991. The van der Waals surface area contributed by atoms with Crippen molar-refractivity contribution in [3.63, 3.8) is 0 Å². The molecule has 0 spiro atoms. The van der Waals surface area contributed by atoms with Crippen LogP contribution in [0.5, 0.6) is 0 Å². The predicted octanol–water partition coefficient (Wildman–Crippen LogP) is 2.59. The molecule has 25 heavy (non-hydrogen) atoms. The summed E-state index contributed by atoms with van der Waals surface area (Å²) in [7, 11) is 0. The van der Waals surface area contributed by atoms with E-state index < -0.39 is 23.5 Å². The summed E-state index contributed by atoms with van der Waals surface area (Å²) in [6.07, 6.45) is 0.257. The van der Waals surface area contributed by atoms with Gasteiger partial charge in [0.2, 0.25) is 11.7 Å². The number of rotatable bonds is 3. The number of fused-ring (bicyclic) bond motifs is 1. The number of anilines is 2. The first-order valence-electron chi connectivity index (χ1n) is 7.81. The number of hydrogen-bond donors (Lipinski definition) is 1. The molecule has 0 fully saturated rings. The Bertz CT molecular complexity index is 826. The van der Waals surface area contributed by atoms with Crippen LogP contribution in [0.4, 0.5) is 11.4 Å². The normalized spacial score (nSPS) is 16.6. The highest BCUT2D eigenvalue weighted by atomic mass is 16.6. The third-order valence-electron chi connectivity index (χ3n) is 4.08. The summed E-state index contributed by atoms with van der Waals surface area (Å²) < 4.78 is 10.2. The SMILES string of the molecule is C[C@H](OC(=O)c1ccco1)C(=O)N1c2ccccc2NC(=O)C1(C)C. The van der Waals surface area contributed by atoms with Crippen LogP contribution in [0.1, 0.15) is 31.3 Å². The molecule has 0 radical (unpaired) electrons. The Balaban J connectivity index is 1.89. The van der Waals surface area contributed by atoms with Gasteiger partial charge in [0.05, 0.1) is 17.6 Å². The fourth-order valence-electron chi connectivity index (χ4n) is 2.69. The lowest BCUT2D eigenvalue weighted by Gasteiger charge is -2.42. The van der Waals surface area contributed by atoms with Gasteiger partial charge in [-0.1, -0.05) is 12.1 Å². The molecule has 2 aromatic rings. The van der Waals surface area contributed by atoms with E-state index in [1.54, 1.807) is 44.2 Å². The van der Waals surface area contributed by atoms with Crippen molar-refractivity contribution < 1.29 is 23.5 Å². The molecule has 2 amide bonds. The molecule has 1 atom stereocenters. The second-order valence-corrected chi connectivity index (χ2v) is 6.23. The molecule has 130 valence electrons. The molecule has 3 rings (SSSR count). The Morgan fingerprint density at radius 1 is 1.20 bits per heavy atom. The van der Waals surface area contributed by atoms with E-state index in [0.29, 0.717) is 11.4 Å². The van der Waals surface area contributed by atoms with E-state index in [9.17, 15) is 14.4 Å². The van der Waals surface area contributed by atoms with Gasteiger partial charge in [-0.25, -0.2) is 4.79 Å². The Morgan fingerprint density at radius 3 is 2.60 bits per heavy atom. The van der Waals surface area contributed by atoms with Crippen LogP contribution in [0.25, 0.3) is 0 Å². The maximum atomic E-state index is 13.0. The van der Waals surface area contributed by atoms with E-state index in [2.05, 4.69) is 5.32 Å². The smallest absolute Gasteiger partial charge is 0.374 e. The third-order valence-corrected chi connectivity index (χ3v) is 4.08. The van der Waals surface area contributed by atoms with Gasteiger partial charge in [-0.3, -0.25) is 14.5 Å². The van der Waals surface area contributed by atoms with Gasteiger partial charge in [-0.05, 0) is 45.0 Å². The molecular formula is C18H18N2O5.